The Morgan fingerprint density at radius 3 is 2.38 bits per heavy atom. The molecule has 1 saturated heterocycles. The molecule has 78 valence electrons. The Labute approximate surface area is 76.9 Å². The molecule has 1 rings (SSSR count). The Kier molecular flexibility index (Phi) is 3.63. The van der Waals surface area contributed by atoms with Gasteiger partial charge >= 0.3 is 0 Å². The van der Waals surface area contributed by atoms with Gasteiger partial charge in [0.15, 0.2) is 0 Å². The molecule has 5 heteroatoms. The number of hydrogen-bond donors (Lipinski definition) is 3. The summed E-state index contributed by atoms with van der Waals surface area (Å²) in [6.07, 6.45) is -3.70. The van der Waals surface area contributed by atoms with Gasteiger partial charge in [-0.2, -0.15) is 0 Å². The summed E-state index contributed by atoms with van der Waals surface area (Å²) < 4.78 is 10.2. The van der Waals surface area contributed by atoms with Crippen molar-refractivity contribution in [3.8, 4) is 0 Å². The van der Waals surface area contributed by atoms with E-state index in [2.05, 4.69) is 0 Å². The zero-order chi connectivity index (χ0) is 10.0. The molecule has 1 aliphatic rings. The molecule has 0 bridgehead atoms. The molecule has 1 aliphatic heterocycles. The fourth-order valence-electron chi connectivity index (χ4n) is 1.61. The Balaban J connectivity index is 2.66. The lowest BCUT2D eigenvalue weighted by Gasteiger charge is -2.40. The van der Waals surface area contributed by atoms with Crippen molar-refractivity contribution in [3.05, 3.63) is 0 Å². The minimum atomic E-state index is -1.09. The van der Waals surface area contributed by atoms with E-state index in [0.29, 0.717) is 0 Å². The summed E-state index contributed by atoms with van der Waals surface area (Å²) in [4.78, 5) is 0. The largest absolute Gasteiger partial charge is 0.394 e. The molecule has 0 saturated carbocycles. The van der Waals surface area contributed by atoms with E-state index in [0.717, 1.165) is 0 Å². The molecule has 3 N–H and O–H groups in total. The molecule has 0 aromatic heterocycles. The van der Waals surface area contributed by atoms with Gasteiger partial charge in [-0.25, -0.2) is 0 Å². The minimum absolute atomic E-state index is 0.307. The smallest absolute Gasteiger partial charge is 0.111 e. The average molecular weight is 192 g/mol. The summed E-state index contributed by atoms with van der Waals surface area (Å²) in [5.41, 5.74) is 0. The molecular formula is C8H16O5. The first-order valence-corrected chi connectivity index (χ1v) is 4.27. The highest BCUT2D eigenvalue weighted by molar-refractivity contribution is 4.90. The second kappa shape index (κ2) is 4.34. The summed E-state index contributed by atoms with van der Waals surface area (Å²) in [5, 5.41) is 27.8. The van der Waals surface area contributed by atoms with E-state index in [1.807, 2.05) is 0 Å². The van der Waals surface area contributed by atoms with Crippen LogP contribution in [0.15, 0.2) is 0 Å². The highest BCUT2D eigenvalue weighted by Gasteiger charge is 2.42. The molecule has 0 aliphatic carbocycles. The molecule has 5 nitrogen and oxygen atoms in total. The Hall–Kier alpha value is -0.200. The summed E-state index contributed by atoms with van der Waals surface area (Å²) in [5.74, 6) is 0. The topological polar surface area (TPSA) is 79.2 Å². The van der Waals surface area contributed by atoms with Crippen molar-refractivity contribution in [2.24, 2.45) is 0 Å². The summed E-state index contributed by atoms with van der Waals surface area (Å²) in [7, 11) is 1.44. The van der Waals surface area contributed by atoms with Gasteiger partial charge in [-0.3, -0.25) is 0 Å². The van der Waals surface area contributed by atoms with Crippen molar-refractivity contribution in [2.75, 3.05) is 13.7 Å². The molecule has 1 fully saturated rings. The maximum atomic E-state index is 9.54. The van der Waals surface area contributed by atoms with Crippen LogP contribution in [0.5, 0.6) is 0 Å². The van der Waals surface area contributed by atoms with E-state index in [9.17, 15) is 10.2 Å². The Morgan fingerprint density at radius 2 is 1.92 bits per heavy atom. The van der Waals surface area contributed by atoms with Gasteiger partial charge in [0.1, 0.15) is 24.4 Å². The zero-order valence-electron chi connectivity index (χ0n) is 7.75. The molecule has 0 spiro atoms. The molecule has 5 atom stereocenters. The summed E-state index contributed by atoms with van der Waals surface area (Å²) in [6, 6.07) is 0. The Morgan fingerprint density at radius 1 is 1.31 bits per heavy atom. The van der Waals surface area contributed by atoms with Gasteiger partial charge in [0.05, 0.1) is 12.7 Å². The van der Waals surface area contributed by atoms with Crippen LogP contribution in [0, 0.1) is 0 Å². The monoisotopic (exact) mass is 192 g/mol. The van der Waals surface area contributed by atoms with Gasteiger partial charge in [0.25, 0.3) is 0 Å². The van der Waals surface area contributed by atoms with Crippen LogP contribution in [0.25, 0.3) is 0 Å². The molecule has 13 heavy (non-hydrogen) atoms. The predicted octanol–water partition coefficient (Wildman–Crippen LogP) is -1.50. The van der Waals surface area contributed by atoms with E-state index in [4.69, 9.17) is 14.6 Å². The van der Waals surface area contributed by atoms with Gasteiger partial charge in [0, 0.05) is 7.11 Å². The van der Waals surface area contributed by atoms with Crippen LogP contribution in [0.1, 0.15) is 6.92 Å². The fourth-order valence-corrected chi connectivity index (χ4v) is 1.61. The zero-order valence-corrected chi connectivity index (χ0v) is 7.75. The van der Waals surface area contributed by atoms with E-state index >= 15 is 0 Å². The molecule has 0 radical (unpaired) electrons. The molecule has 0 aromatic carbocycles. The number of aliphatic hydroxyl groups is 3. The first-order chi connectivity index (χ1) is 6.11. The van der Waals surface area contributed by atoms with Gasteiger partial charge in [-0.15, -0.1) is 0 Å². The Bertz CT molecular complexity index is 163. The van der Waals surface area contributed by atoms with Gasteiger partial charge in [-0.05, 0) is 6.92 Å². The van der Waals surface area contributed by atoms with Crippen LogP contribution in [-0.2, 0) is 9.47 Å². The highest BCUT2D eigenvalue weighted by Crippen LogP contribution is 2.22. The number of ether oxygens (including phenoxy) is 2. The average Bonchev–Trinajstić information content (AvgIpc) is 2.12. The van der Waals surface area contributed by atoms with Crippen LogP contribution in [0.4, 0.5) is 0 Å². The van der Waals surface area contributed by atoms with Crippen molar-refractivity contribution < 1.29 is 24.8 Å². The SMILES string of the molecule is CO[C@@H]1C(C)O[C@@H](CO)[C@@H](O)[C@@H]1O. The third-order valence-electron chi connectivity index (χ3n) is 2.37. The van der Waals surface area contributed by atoms with Crippen molar-refractivity contribution in [1.82, 2.24) is 0 Å². The van der Waals surface area contributed by atoms with Crippen LogP contribution in [-0.4, -0.2) is 59.6 Å². The van der Waals surface area contributed by atoms with Crippen LogP contribution < -0.4 is 0 Å². The molecule has 0 amide bonds. The van der Waals surface area contributed by atoms with E-state index < -0.39 is 24.4 Å². The van der Waals surface area contributed by atoms with Crippen molar-refractivity contribution in [1.29, 1.82) is 0 Å². The summed E-state index contributed by atoms with van der Waals surface area (Å²) in [6.45, 7) is 1.42. The van der Waals surface area contributed by atoms with Gasteiger partial charge in [-0.1, -0.05) is 0 Å². The standard InChI is InChI=1S/C8H16O5/c1-4-8(12-2)7(11)6(10)5(3-9)13-4/h4-11H,3H2,1-2H3/t4?,5-,6+,7-,8+/m0/s1. The predicted molar refractivity (Wildman–Crippen MR) is 44.2 cm³/mol. The minimum Gasteiger partial charge on any atom is -0.394 e. The molecule has 0 aromatic rings. The number of hydrogen-bond acceptors (Lipinski definition) is 5. The lowest BCUT2D eigenvalue weighted by Crippen LogP contribution is -2.58. The number of methoxy groups -OCH3 is 1. The van der Waals surface area contributed by atoms with E-state index in [1.54, 1.807) is 6.92 Å². The molecular weight excluding hydrogens is 176 g/mol. The van der Waals surface area contributed by atoms with Crippen molar-refractivity contribution in [3.63, 3.8) is 0 Å². The molecule has 1 heterocycles. The first-order valence-electron chi connectivity index (χ1n) is 4.27. The number of rotatable bonds is 2. The van der Waals surface area contributed by atoms with Gasteiger partial charge in [0.2, 0.25) is 0 Å². The third kappa shape index (κ3) is 2.00. The normalized spacial score (nSPS) is 46.4. The lowest BCUT2D eigenvalue weighted by molar-refractivity contribution is -0.230. The highest BCUT2D eigenvalue weighted by atomic mass is 16.6. The maximum Gasteiger partial charge on any atom is 0.111 e. The second-order valence-corrected chi connectivity index (χ2v) is 3.24. The lowest BCUT2D eigenvalue weighted by atomic mass is 9.96. The van der Waals surface area contributed by atoms with E-state index in [-0.39, 0.29) is 12.7 Å². The molecule has 1 unspecified atom stereocenters. The quantitative estimate of drug-likeness (QED) is 0.496. The van der Waals surface area contributed by atoms with Crippen molar-refractivity contribution >= 4 is 0 Å². The fraction of sp³-hybridized carbons (Fsp3) is 1.00. The van der Waals surface area contributed by atoms with Crippen LogP contribution in [0.3, 0.4) is 0 Å². The van der Waals surface area contributed by atoms with Gasteiger partial charge < -0.3 is 24.8 Å². The van der Waals surface area contributed by atoms with E-state index in [1.165, 1.54) is 7.11 Å². The van der Waals surface area contributed by atoms with Crippen LogP contribution >= 0.6 is 0 Å². The summed E-state index contributed by atoms with van der Waals surface area (Å²) >= 11 is 0. The maximum absolute atomic E-state index is 9.54. The third-order valence-corrected chi connectivity index (χ3v) is 2.37. The van der Waals surface area contributed by atoms with Crippen molar-refractivity contribution in [2.45, 2.75) is 37.4 Å². The first kappa shape index (κ1) is 10.9. The second-order valence-electron chi connectivity index (χ2n) is 3.24. The number of aliphatic hydroxyl groups excluding tert-OH is 3. The van der Waals surface area contributed by atoms with Crippen LogP contribution in [0.2, 0.25) is 0 Å².